The van der Waals surface area contributed by atoms with Crippen LogP contribution in [0.15, 0.2) is 35.5 Å². The minimum Gasteiger partial charge on any atom is -0.352 e. The first-order valence-electron chi connectivity index (χ1n) is 9.70. The van der Waals surface area contributed by atoms with Crippen LogP contribution in [0.2, 0.25) is 0 Å². The Hall–Kier alpha value is -1.82. The standard InChI is InChI=1S/C20H26N4OS/c1-14(19(25)21-16-8-4-2-5-9-16)26-20-23-22-18(15-12-13-15)24(20)17-10-6-3-7-11-17/h3,6-7,10-11,14-16H,2,4-5,8-9,12-13H2,1H3,(H,21,25)/t14-/m0/s1. The number of hydrogen-bond donors (Lipinski definition) is 1. The van der Waals surface area contributed by atoms with Gasteiger partial charge in [-0.15, -0.1) is 10.2 Å². The number of rotatable bonds is 6. The summed E-state index contributed by atoms with van der Waals surface area (Å²) < 4.78 is 2.13. The molecule has 0 bridgehead atoms. The van der Waals surface area contributed by atoms with Gasteiger partial charge in [0.15, 0.2) is 5.16 Å². The molecule has 2 aliphatic carbocycles. The largest absolute Gasteiger partial charge is 0.352 e. The Morgan fingerprint density at radius 1 is 1.12 bits per heavy atom. The molecule has 1 heterocycles. The van der Waals surface area contributed by atoms with Crippen LogP contribution in [-0.2, 0) is 4.79 Å². The van der Waals surface area contributed by atoms with E-state index in [4.69, 9.17) is 0 Å². The zero-order chi connectivity index (χ0) is 17.9. The molecular weight excluding hydrogens is 344 g/mol. The second-order valence-corrected chi connectivity index (χ2v) is 8.70. The van der Waals surface area contributed by atoms with E-state index in [1.807, 2.05) is 25.1 Å². The summed E-state index contributed by atoms with van der Waals surface area (Å²) in [6, 6.07) is 10.6. The first-order chi connectivity index (χ1) is 12.7. The normalized spacial score (nSPS) is 19.3. The number of para-hydroxylation sites is 1. The van der Waals surface area contributed by atoms with E-state index in [1.165, 1.54) is 43.9 Å². The van der Waals surface area contributed by atoms with Crippen molar-refractivity contribution in [1.82, 2.24) is 20.1 Å². The maximum atomic E-state index is 12.6. The van der Waals surface area contributed by atoms with Gasteiger partial charge in [-0.1, -0.05) is 49.2 Å². The number of amides is 1. The van der Waals surface area contributed by atoms with Gasteiger partial charge in [-0.25, -0.2) is 0 Å². The van der Waals surface area contributed by atoms with E-state index in [1.54, 1.807) is 0 Å². The summed E-state index contributed by atoms with van der Waals surface area (Å²) in [5.41, 5.74) is 1.07. The van der Waals surface area contributed by atoms with E-state index in [2.05, 4.69) is 32.2 Å². The van der Waals surface area contributed by atoms with Gasteiger partial charge in [0.2, 0.25) is 5.91 Å². The number of carbonyl (C=O) groups excluding carboxylic acids is 1. The van der Waals surface area contributed by atoms with E-state index in [-0.39, 0.29) is 11.2 Å². The number of benzene rings is 1. The monoisotopic (exact) mass is 370 g/mol. The summed E-state index contributed by atoms with van der Waals surface area (Å²) in [6.07, 6.45) is 8.30. The lowest BCUT2D eigenvalue weighted by Crippen LogP contribution is -2.40. The average molecular weight is 371 g/mol. The number of thioether (sulfide) groups is 1. The number of nitrogens with one attached hydrogen (secondary N) is 1. The molecule has 138 valence electrons. The molecule has 1 amide bonds. The molecule has 0 radical (unpaired) electrons. The predicted molar refractivity (Wildman–Crippen MR) is 104 cm³/mol. The molecular formula is C20H26N4OS. The molecule has 2 aliphatic rings. The van der Waals surface area contributed by atoms with Crippen molar-refractivity contribution in [2.75, 3.05) is 0 Å². The molecule has 2 saturated carbocycles. The Kier molecular flexibility index (Phi) is 5.29. The average Bonchev–Trinajstić information content (AvgIpc) is 3.44. The van der Waals surface area contributed by atoms with Crippen LogP contribution in [-0.4, -0.2) is 32.0 Å². The molecule has 2 fully saturated rings. The van der Waals surface area contributed by atoms with Crippen molar-refractivity contribution in [3.05, 3.63) is 36.2 Å². The van der Waals surface area contributed by atoms with Gasteiger partial charge < -0.3 is 5.32 Å². The lowest BCUT2D eigenvalue weighted by atomic mass is 9.95. The zero-order valence-electron chi connectivity index (χ0n) is 15.2. The quantitative estimate of drug-likeness (QED) is 0.779. The van der Waals surface area contributed by atoms with Gasteiger partial charge in [-0.2, -0.15) is 0 Å². The summed E-state index contributed by atoms with van der Waals surface area (Å²) in [5, 5.41) is 12.7. The first-order valence-corrected chi connectivity index (χ1v) is 10.6. The Balaban J connectivity index is 1.49. The number of hydrogen-bond acceptors (Lipinski definition) is 4. The van der Waals surface area contributed by atoms with Gasteiger partial charge in [0.05, 0.1) is 5.25 Å². The van der Waals surface area contributed by atoms with E-state index in [0.29, 0.717) is 12.0 Å². The topological polar surface area (TPSA) is 59.8 Å². The third-order valence-corrected chi connectivity index (χ3v) is 6.26. The van der Waals surface area contributed by atoms with Crippen molar-refractivity contribution >= 4 is 17.7 Å². The van der Waals surface area contributed by atoms with Crippen LogP contribution in [0.3, 0.4) is 0 Å². The fraction of sp³-hybridized carbons (Fsp3) is 0.550. The van der Waals surface area contributed by atoms with Crippen LogP contribution >= 0.6 is 11.8 Å². The van der Waals surface area contributed by atoms with Crippen LogP contribution in [0.1, 0.15) is 63.6 Å². The van der Waals surface area contributed by atoms with Crippen molar-refractivity contribution in [3.8, 4) is 5.69 Å². The number of nitrogens with zero attached hydrogens (tertiary/aromatic N) is 3. The van der Waals surface area contributed by atoms with E-state index in [0.717, 1.165) is 29.5 Å². The van der Waals surface area contributed by atoms with Crippen molar-refractivity contribution in [2.45, 2.75) is 74.2 Å². The van der Waals surface area contributed by atoms with E-state index < -0.39 is 0 Å². The fourth-order valence-corrected chi connectivity index (χ4v) is 4.44. The molecule has 26 heavy (non-hydrogen) atoms. The van der Waals surface area contributed by atoms with Crippen LogP contribution in [0, 0.1) is 0 Å². The molecule has 6 heteroatoms. The van der Waals surface area contributed by atoms with Gasteiger partial charge in [0.25, 0.3) is 0 Å². The van der Waals surface area contributed by atoms with Crippen molar-refractivity contribution in [1.29, 1.82) is 0 Å². The van der Waals surface area contributed by atoms with Crippen molar-refractivity contribution in [3.63, 3.8) is 0 Å². The molecule has 4 rings (SSSR count). The number of aromatic nitrogens is 3. The van der Waals surface area contributed by atoms with Crippen LogP contribution < -0.4 is 5.32 Å². The molecule has 2 aromatic rings. The Labute approximate surface area is 159 Å². The summed E-state index contributed by atoms with van der Waals surface area (Å²) in [7, 11) is 0. The van der Waals surface area contributed by atoms with Gasteiger partial charge in [0.1, 0.15) is 5.82 Å². The lowest BCUT2D eigenvalue weighted by Gasteiger charge is -2.24. The molecule has 1 aromatic carbocycles. The molecule has 1 N–H and O–H groups in total. The van der Waals surface area contributed by atoms with Crippen molar-refractivity contribution < 1.29 is 4.79 Å². The highest BCUT2D eigenvalue weighted by Gasteiger charge is 2.32. The summed E-state index contributed by atoms with van der Waals surface area (Å²) in [4.78, 5) is 12.6. The van der Waals surface area contributed by atoms with Gasteiger partial charge >= 0.3 is 0 Å². The van der Waals surface area contributed by atoms with Gasteiger partial charge in [0, 0.05) is 17.6 Å². The maximum Gasteiger partial charge on any atom is 0.233 e. The van der Waals surface area contributed by atoms with E-state index >= 15 is 0 Å². The predicted octanol–water partition coefficient (Wildman–Crippen LogP) is 4.07. The number of carbonyl (C=O) groups is 1. The van der Waals surface area contributed by atoms with Crippen molar-refractivity contribution in [2.24, 2.45) is 0 Å². The highest BCUT2D eigenvalue weighted by molar-refractivity contribution is 8.00. The SMILES string of the molecule is C[C@H](Sc1nnc(C2CC2)n1-c1ccccc1)C(=O)NC1CCCCC1. The fourth-order valence-electron chi connectivity index (χ4n) is 3.56. The Morgan fingerprint density at radius 3 is 2.54 bits per heavy atom. The van der Waals surface area contributed by atoms with Crippen LogP contribution in [0.25, 0.3) is 5.69 Å². The minimum absolute atomic E-state index is 0.109. The summed E-state index contributed by atoms with van der Waals surface area (Å²) in [5.74, 6) is 1.64. The molecule has 5 nitrogen and oxygen atoms in total. The van der Waals surface area contributed by atoms with Gasteiger partial charge in [-0.3, -0.25) is 9.36 Å². The lowest BCUT2D eigenvalue weighted by molar-refractivity contribution is -0.121. The second-order valence-electron chi connectivity index (χ2n) is 7.39. The summed E-state index contributed by atoms with van der Waals surface area (Å²) in [6.45, 7) is 1.96. The maximum absolute atomic E-state index is 12.6. The third kappa shape index (κ3) is 3.95. The summed E-state index contributed by atoms with van der Waals surface area (Å²) >= 11 is 1.51. The molecule has 0 unspecified atom stereocenters. The molecule has 0 saturated heterocycles. The van der Waals surface area contributed by atoms with E-state index in [9.17, 15) is 4.79 Å². The zero-order valence-corrected chi connectivity index (χ0v) is 16.0. The smallest absolute Gasteiger partial charge is 0.233 e. The highest BCUT2D eigenvalue weighted by atomic mass is 32.2. The highest BCUT2D eigenvalue weighted by Crippen LogP contribution is 2.41. The third-order valence-electron chi connectivity index (χ3n) is 5.22. The van der Waals surface area contributed by atoms with Gasteiger partial charge in [-0.05, 0) is 44.7 Å². The Morgan fingerprint density at radius 2 is 1.85 bits per heavy atom. The molecule has 1 atom stereocenters. The van der Waals surface area contributed by atoms with Crippen LogP contribution in [0.5, 0.6) is 0 Å². The molecule has 0 spiro atoms. The Bertz CT molecular complexity index is 750. The molecule has 0 aliphatic heterocycles. The second kappa shape index (κ2) is 7.82. The molecule has 1 aromatic heterocycles. The van der Waals surface area contributed by atoms with Crippen LogP contribution in [0.4, 0.5) is 0 Å². The first kappa shape index (κ1) is 17.6. The minimum atomic E-state index is -0.185.